The molecule has 0 saturated heterocycles. The molecule has 3 unspecified atom stereocenters. The van der Waals surface area contributed by atoms with Gasteiger partial charge in [-0.3, -0.25) is 13.8 Å². The van der Waals surface area contributed by atoms with Gasteiger partial charge in [-0.15, -0.1) is 0 Å². The highest BCUT2D eigenvalue weighted by Crippen LogP contribution is 2.43. The molecule has 0 aromatic heterocycles. The number of carbonyl (C=O) groups excluding carboxylic acids is 1. The van der Waals surface area contributed by atoms with E-state index in [0.29, 0.717) is 13.0 Å². The van der Waals surface area contributed by atoms with E-state index in [0.717, 1.165) is 44.9 Å². The maximum atomic E-state index is 12.5. The predicted octanol–water partition coefficient (Wildman–Crippen LogP) is 11.6. The van der Waals surface area contributed by atoms with Gasteiger partial charge < -0.3 is 24.6 Å². The fraction of sp³-hybridized carbons (Fsp3) is 0.750. The van der Waals surface area contributed by atoms with Gasteiger partial charge in [0, 0.05) is 13.0 Å². The lowest BCUT2D eigenvalue weighted by molar-refractivity contribution is -0.154. The highest BCUT2D eigenvalue weighted by atomic mass is 31.2. The van der Waals surface area contributed by atoms with Crippen LogP contribution in [0.15, 0.2) is 60.8 Å². The Morgan fingerprint density at radius 2 is 1.06 bits per heavy atom. The molecule has 0 bridgehead atoms. The molecule has 3 N–H and O–H groups in total. The van der Waals surface area contributed by atoms with Crippen molar-refractivity contribution in [1.82, 2.24) is 0 Å². The van der Waals surface area contributed by atoms with Crippen LogP contribution in [-0.2, 0) is 27.9 Å². The van der Waals surface area contributed by atoms with Gasteiger partial charge in [0.05, 0.1) is 26.4 Å². The highest BCUT2D eigenvalue weighted by molar-refractivity contribution is 7.47. The lowest BCUT2D eigenvalue weighted by atomic mass is 10.1. The number of phosphoric ester groups is 1. The number of hydrogen-bond donors (Lipinski definition) is 3. The van der Waals surface area contributed by atoms with Crippen molar-refractivity contribution in [3.8, 4) is 0 Å². The van der Waals surface area contributed by atoms with Gasteiger partial charge in [-0.05, 0) is 64.2 Å². The first-order chi connectivity index (χ1) is 26.3. The minimum absolute atomic E-state index is 0.0178. The van der Waals surface area contributed by atoms with Gasteiger partial charge in [-0.25, -0.2) is 4.57 Å². The maximum absolute atomic E-state index is 12.5. The second-order valence-corrected chi connectivity index (χ2v) is 15.4. The van der Waals surface area contributed by atoms with E-state index in [1.165, 1.54) is 96.3 Å². The van der Waals surface area contributed by atoms with Gasteiger partial charge in [0.1, 0.15) is 12.2 Å². The SMILES string of the molecule is CC/C=C\C/C=C\C/C=C\C/C=C\CCC(=O)OC(COCCCCCCCCCCCC/C=C\CCCCCCCC)COP(=O)(O)OCC(O)CO. The van der Waals surface area contributed by atoms with Crippen molar-refractivity contribution in [2.75, 3.05) is 33.0 Å². The third-order valence-corrected chi connectivity index (χ3v) is 9.65. The van der Waals surface area contributed by atoms with Crippen LogP contribution in [0.25, 0.3) is 0 Å². The summed E-state index contributed by atoms with van der Waals surface area (Å²) in [4.78, 5) is 22.5. The second kappa shape index (κ2) is 40.8. The molecule has 0 fully saturated rings. The number of allylic oxidation sites excluding steroid dienone is 10. The van der Waals surface area contributed by atoms with Crippen LogP contribution in [0.5, 0.6) is 0 Å². The summed E-state index contributed by atoms with van der Waals surface area (Å²) >= 11 is 0. The molecule has 0 aromatic carbocycles. The Labute approximate surface area is 330 Å². The summed E-state index contributed by atoms with van der Waals surface area (Å²) in [5.74, 6) is -0.463. The van der Waals surface area contributed by atoms with E-state index in [2.05, 4.69) is 62.5 Å². The number of aliphatic hydroxyl groups is 2. The van der Waals surface area contributed by atoms with Gasteiger partial charge >= 0.3 is 13.8 Å². The minimum Gasteiger partial charge on any atom is -0.457 e. The van der Waals surface area contributed by atoms with Crippen LogP contribution >= 0.6 is 7.82 Å². The number of rotatable bonds is 40. The first-order valence-electron chi connectivity index (χ1n) is 21.3. The van der Waals surface area contributed by atoms with Gasteiger partial charge in [0.2, 0.25) is 0 Å². The number of esters is 1. The van der Waals surface area contributed by atoms with E-state index in [-0.39, 0.29) is 13.0 Å². The van der Waals surface area contributed by atoms with E-state index >= 15 is 0 Å². The third-order valence-electron chi connectivity index (χ3n) is 8.70. The van der Waals surface area contributed by atoms with Crippen LogP contribution in [0.2, 0.25) is 0 Å². The van der Waals surface area contributed by atoms with Gasteiger partial charge in [0.15, 0.2) is 0 Å². The van der Waals surface area contributed by atoms with Crippen molar-refractivity contribution in [2.24, 2.45) is 0 Å². The molecule has 0 aliphatic heterocycles. The average Bonchev–Trinajstić information content (AvgIpc) is 3.16. The molecule has 0 spiro atoms. The van der Waals surface area contributed by atoms with E-state index in [1.54, 1.807) is 0 Å². The zero-order chi connectivity index (χ0) is 39.6. The molecule has 54 heavy (non-hydrogen) atoms. The van der Waals surface area contributed by atoms with Crippen molar-refractivity contribution >= 4 is 13.8 Å². The van der Waals surface area contributed by atoms with E-state index in [1.807, 2.05) is 12.2 Å². The quantitative estimate of drug-likeness (QED) is 0.0240. The highest BCUT2D eigenvalue weighted by Gasteiger charge is 2.26. The molecule has 10 heteroatoms. The van der Waals surface area contributed by atoms with Crippen molar-refractivity contribution in [1.29, 1.82) is 0 Å². The van der Waals surface area contributed by atoms with Crippen LogP contribution < -0.4 is 0 Å². The normalized spacial score (nSPS) is 14.7. The lowest BCUT2D eigenvalue weighted by Gasteiger charge is -2.20. The molecule has 0 rings (SSSR count). The fourth-order valence-corrected chi connectivity index (χ4v) is 6.27. The Bertz CT molecular complexity index is 1020. The smallest absolute Gasteiger partial charge is 0.457 e. The fourth-order valence-electron chi connectivity index (χ4n) is 5.48. The van der Waals surface area contributed by atoms with Crippen molar-refractivity contribution < 1.29 is 43.0 Å². The Balaban J connectivity index is 4.21. The van der Waals surface area contributed by atoms with Crippen molar-refractivity contribution in [2.45, 2.75) is 180 Å². The van der Waals surface area contributed by atoms with E-state index < -0.39 is 45.8 Å². The van der Waals surface area contributed by atoms with Crippen LogP contribution in [-0.4, -0.2) is 66.3 Å². The van der Waals surface area contributed by atoms with Gasteiger partial charge in [0.25, 0.3) is 0 Å². The number of phosphoric acid groups is 1. The topological polar surface area (TPSA) is 132 Å². The molecule has 0 amide bonds. The number of aliphatic hydroxyl groups excluding tert-OH is 2. The Hall–Kier alpha value is -1.84. The molecular weight excluding hydrogens is 703 g/mol. The molecule has 0 heterocycles. The summed E-state index contributed by atoms with van der Waals surface area (Å²) in [6.07, 6.45) is 46.3. The molecule has 0 saturated carbocycles. The standard InChI is InChI=1S/C44H79O9P/c1-3-5-7-9-11-13-15-17-18-19-20-21-22-23-25-27-29-31-33-35-37-50-40-43(41-52-54(48,49)51-39-42(46)38-45)53-44(47)36-34-32-30-28-26-24-16-14-12-10-8-6-4-2/h6,8,12,14,17-18,24,26,30,32,42-43,45-46H,3-5,7,9-11,13,15-16,19-23,25,27-29,31,33-41H2,1-2H3,(H,48,49)/b8-6-,14-12-,18-17-,26-24-,32-30-. The molecule has 0 aliphatic rings. The summed E-state index contributed by atoms with van der Waals surface area (Å²) in [5.41, 5.74) is 0. The number of ether oxygens (including phenoxy) is 2. The molecule has 314 valence electrons. The van der Waals surface area contributed by atoms with E-state index in [9.17, 15) is 19.4 Å². The largest absolute Gasteiger partial charge is 0.472 e. The van der Waals surface area contributed by atoms with Crippen LogP contribution in [0, 0.1) is 0 Å². The monoisotopic (exact) mass is 783 g/mol. The Morgan fingerprint density at radius 3 is 1.59 bits per heavy atom. The van der Waals surface area contributed by atoms with Crippen LogP contribution in [0.1, 0.15) is 168 Å². The molecule has 0 radical (unpaired) electrons. The molecule has 9 nitrogen and oxygen atoms in total. The molecule has 0 aliphatic carbocycles. The molecular formula is C44H79O9P. The summed E-state index contributed by atoms with van der Waals surface area (Å²) in [7, 11) is -4.54. The number of unbranched alkanes of at least 4 members (excludes halogenated alkanes) is 16. The van der Waals surface area contributed by atoms with Crippen molar-refractivity contribution in [3.63, 3.8) is 0 Å². The van der Waals surface area contributed by atoms with Crippen LogP contribution in [0.3, 0.4) is 0 Å². The second-order valence-electron chi connectivity index (χ2n) is 14.0. The first kappa shape index (κ1) is 52.2. The summed E-state index contributed by atoms with van der Waals surface area (Å²) < 4.78 is 33.2. The zero-order valence-corrected chi connectivity index (χ0v) is 35.1. The Morgan fingerprint density at radius 1 is 0.593 bits per heavy atom. The molecule has 0 aromatic rings. The third kappa shape index (κ3) is 39.8. The summed E-state index contributed by atoms with van der Waals surface area (Å²) in [5, 5.41) is 18.3. The Kier molecular flexibility index (Phi) is 39.4. The molecule has 3 atom stereocenters. The minimum atomic E-state index is -4.54. The van der Waals surface area contributed by atoms with Gasteiger partial charge in [-0.1, -0.05) is 158 Å². The first-order valence-corrected chi connectivity index (χ1v) is 22.8. The van der Waals surface area contributed by atoms with Gasteiger partial charge in [-0.2, -0.15) is 0 Å². The average molecular weight is 783 g/mol. The summed E-state index contributed by atoms with van der Waals surface area (Å²) in [6.45, 7) is 3.29. The van der Waals surface area contributed by atoms with Crippen LogP contribution in [0.4, 0.5) is 0 Å². The number of hydrogen-bond acceptors (Lipinski definition) is 8. The summed E-state index contributed by atoms with van der Waals surface area (Å²) in [6, 6.07) is 0. The number of carbonyl (C=O) groups is 1. The maximum Gasteiger partial charge on any atom is 0.472 e. The van der Waals surface area contributed by atoms with Crippen molar-refractivity contribution in [3.05, 3.63) is 60.8 Å². The lowest BCUT2D eigenvalue weighted by Crippen LogP contribution is -2.29. The predicted molar refractivity (Wildman–Crippen MR) is 223 cm³/mol. The van der Waals surface area contributed by atoms with E-state index in [4.69, 9.17) is 23.6 Å². The zero-order valence-electron chi connectivity index (χ0n) is 34.2.